The van der Waals surface area contributed by atoms with Gasteiger partial charge in [-0.15, -0.1) is 0 Å². The van der Waals surface area contributed by atoms with Crippen LogP contribution in [-0.2, 0) is 27.5 Å². The minimum Gasteiger partial charge on any atom is -0.387 e. The number of unbranched alkanes of at least 4 members (excludes halogenated alkanes) is 22. The van der Waals surface area contributed by atoms with Crippen molar-refractivity contribution in [2.24, 2.45) is 0 Å². The van der Waals surface area contributed by atoms with Crippen LogP contribution in [0.5, 0.6) is 0 Å². The first-order valence-electron chi connectivity index (χ1n) is 21.5. The SMILES string of the molecule is CCCCCCCCCCCCCC=CC(O)C(COP(=O)(O)OC(C=CCCCCCCCCCCCCC)C(COP(=O)(O)O)[N+](C)(C)C)NC(C)=O. The average Bonchev–Trinajstić information content (AvgIpc) is 3.09. The monoisotopic (exact) mass is 826 g/mol. The van der Waals surface area contributed by atoms with Gasteiger partial charge in [0.25, 0.3) is 0 Å². The van der Waals surface area contributed by atoms with Crippen molar-refractivity contribution in [2.45, 2.75) is 199 Å². The summed E-state index contributed by atoms with van der Waals surface area (Å²) >= 11 is 0. The number of allylic oxidation sites excluding steroid dienone is 2. The summed E-state index contributed by atoms with van der Waals surface area (Å²) < 4.78 is 40.9. The first-order chi connectivity index (χ1) is 26.0. The van der Waals surface area contributed by atoms with Crippen LogP contribution in [0.4, 0.5) is 0 Å². The number of likely N-dealkylation sites (N-methyl/N-ethyl adjacent to an activating group) is 1. The summed E-state index contributed by atoms with van der Waals surface area (Å²) in [5, 5.41) is 13.4. The van der Waals surface area contributed by atoms with Crippen LogP contribution in [0, 0.1) is 0 Å². The Labute approximate surface area is 335 Å². The van der Waals surface area contributed by atoms with Crippen LogP contribution in [0.15, 0.2) is 24.3 Å². The number of hydrogen-bond acceptors (Lipinski definition) is 7. The second-order valence-electron chi connectivity index (χ2n) is 16.1. The summed E-state index contributed by atoms with van der Waals surface area (Å²) in [4.78, 5) is 41.6. The van der Waals surface area contributed by atoms with Crippen LogP contribution in [-0.4, -0.2) is 88.8 Å². The number of nitrogens with zero attached hydrogens (tertiary/aromatic N) is 1. The van der Waals surface area contributed by atoms with Crippen LogP contribution >= 0.6 is 15.6 Å². The highest BCUT2D eigenvalue weighted by Crippen LogP contribution is 2.46. The van der Waals surface area contributed by atoms with Gasteiger partial charge in [-0.1, -0.05) is 167 Å². The third-order valence-electron chi connectivity index (χ3n) is 9.87. The van der Waals surface area contributed by atoms with E-state index in [9.17, 15) is 33.7 Å². The Hall–Kier alpha value is -0.910. The summed E-state index contributed by atoms with van der Waals surface area (Å²) in [5.74, 6) is -0.442. The van der Waals surface area contributed by atoms with E-state index in [4.69, 9.17) is 13.6 Å². The Bertz CT molecular complexity index is 1100. The molecule has 0 saturated carbocycles. The third kappa shape index (κ3) is 33.7. The first kappa shape index (κ1) is 54.1. The van der Waals surface area contributed by atoms with E-state index in [0.29, 0.717) is 6.42 Å². The fraction of sp³-hybridized carbons (Fsp3) is 0.878. The van der Waals surface area contributed by atoms with E-state index in [0.717, 1.165) is 38.5 Å². The fourth-order valence-electron chi connectivity index (χ4n) is 6.46. The standard InChI is InChI=1S/C41H82N2O10P2/c1-7-9-11-13-15-17-19-21-23-25-27-29-31-33-40(45)38(42-37(3)44)35-52-55(49,50)53-41(39(43(4,5)6)36-51-54(46,47)48)34-32-30-28-26-24-22-20-18-16-14-12-10-8-2/h31-34,38-41,45H,7-30,35-36H2,1-6H3,(H3-,42,44,46,47,48,49,50)/p+1. The molecular formula is C41H83N2O10P2+. The number of aliphatic hydroxyl groups excluding tert-OH is 1. The largest absolute Gasteiger partial charge is 0.473 e. The van der Waals surface area contributed by atoms with Gasteiger partial charge < -0.3 is 29.6 Å². The van der Waals surface area contributed by atoms with E-state index >= 15 is 0 Å². The van der Waals surface area contributed by atoms with Gasteiger partial charge in [0.05, 0.1) is 39.9 Å². The highest BCUT2D eigenvalue weighted by Gasteiger charge is 2.40. The minimum atomic E-state index is -4.84. The van der Waals surface area contributed by atoms with Crippen LogP contribution in [0.1, 0.15) is 175 Å². The van der Waals surface area contributed by atoms with Gasteiger partial charge in [0.1, 0.15) is 18.8 Å². The Morgan fingerprint density at radius 2 is 1.04 bits per heavy atom. The molecule has 0 aromatic rings. The lowest BCUT2D eigenvalue weighted by Gasteiger charge is -2.37. The number of phosphoric acid groups is 2. The molecule has 0 aliphatic rings. The predicted molar refractivity (Wildman–Crippen MR) is 225 cm³/mol. The molecule has 0 saturated heterocycles. The number of carbonyl (C=O) groups excluding carboxylic acids is 1. The molecule has 1 amide bonds. The average molecular weight is 826 g/mol. The molecule has 0 radical (unpaired) electrons. The summed E-state index contributed by atoms with van der Waals surface area (Å²) in [6, 6.07) is -1.82. The second-order valence-corrected chi connectivity index (χ2v) is 18.8. The van der Waals surface area contributed by atoms with Gasteiger partial charge in [-0.05, 0) is 25.7 Å². The third-order valence-corrected chi connectivity index (χ3v) is 11.3. The zero-order chi connectivity index (χ0) is 41.4. The van der Waals surface area contributed by atoms with Crippen molar-refractivity contribution in [1.29, 1.82) is 0 Å². The molecule has 12 nitrogen and oxygen atoms in total. The number of amides is 1. The Kier molecular flexibility index (Phi) is 32.4. The minimum absolute atomic E-state index is 0.0879. The molecule has 5 unspecified atom stereocenters. The lowest BCUT2D eigenvalue weighted by Crippen LogP contribution is -2.54. The van der Waals surface area contributed by atoms with E-state index in [1.165, 1.54) is 116 Å². The molecule has 5 atom stereocenters. The molecule has 0 heterocycles. The molecule has 0 aliphatic carbocycles. The van der Waals surface area contributed by atoms with Crippen molar-refractivity contribution < 1.29 is 51.8 Å². The van der Waals surface area contributed by atoms with E-state index in [2.05, 4.69) is 19.2 Å². The molecule has 55 heavy (non-hydrogen) atoms. The molecule has 0 fully saturated rings. The number of hydrogen-bond donors (Lipinski definition) is 5. The topological polar surface area (TPSA) is 172 Å². The number of nitrogens with one attached hydrogen (secondary N) is 1. The van der Waals surface area contributed by atoms with E-state index in [-0.39, 0.29) is 4.48 Å². The fourth-order valence-corrected chi connectivity index (χ4v) is 7.74. The van der Waals surface area contributed by atoms with Crippen molar-refractivity contribution in [3.05, 3.63) is 24.3 Å². The zero-order valence-electron chi connectivity index (χ0n) is 35.6. The van der Waals surface area contributed by atoms with E-state index < -0.39 is 59.1 Å². The molecule has 0 bridgehead atoms. The molecule has 0 rings (SSSR count). The van der Waals surface area contributed by atoms with Crippen molar-refractivity contribution >= 4 is 21.6 Å². The van der Waals surface area contributed by atoms with E-state index in [1.54, 1.807) is 33.3 Å². The zero-order valence-corrected chi connectivity index (χ0v) is 37.4. The van der Waals surface area contributed by atoms with Gasteiger partial charge in [-0.2, -0.15) is 0 Å². The van der Waals surface area contributed by atoms with Crippen LogP contribution in [0.3, 0.4) is 0 Å². The summed E-state index contributed by atoms with van der Waals surface area (Å²) in [6.45, 7) is 4.77. The maximum Gasteiger partial charge on any atom is 0.473 e. The molecular weight excluding hydrogens is 742 g/mol. The quantitative estimate of drug-likeness (QED) is 0.0175. The molecule has 0 aromatic heterocycles. The summed E-state index contributed by atoms with van der Waals surface area (Å²) in [5.41, 5.74) is 0. The number of quaternary nitrogens is 1. The number of carbonyl (C=O) groups is 1. The second kappa shape index (κ2) is 33.0. The normalized spacial score (nSPS) is 16.0. The summed E-state index contributed by atoms with van der Waals surface area (Å²) in [7, 11) is -4.38. The van der Waals surface area contributed by atoms with Crippen LogP contribution < -0.4 is 5.32 Å². The lowest BCUT2D eigenvalue weighted by molar-refractivity contribution is -0.898. The van der Waals surface area contributed by atoms with Gasteiger partial charge in [-0.3, -0.25) is 18.4 Å². The maximum atomic E-state index is 13.4. The molecule has 0 spiro atoms. The lowest BCUT2D eigenvalue weighted by atomic mass is 10.0. The predicted octanol–water partition coefficient (Wildman–Crippen LogP) is 10.1. The highest BCUT2D eigenvalue weighted by molar-refractivity contribution is 7.47. The van der Waals surface area contributed by atoms with Crippen molar-refractivity contribution in [2.75, 3.05) is 34.4 Å². The van der Waals surface area contributed by atoms with E-state index in [1.807, 2.05) is 12.2 Å². The Balaban J connectivity index is 5.21. The molecule has 326 valence electrons. The maximum absolute atomic E-state index is 13.4. The van der Waals surface area contributed by atoms with Crippen molar-refractivity contribution in [3.8, 4) is 0 Å². The molecule has 0 aliphatic heterocycles. The van der Waals surface area contributed by atoms with Gasteiger partial charge in [0.2, 0.25) is 5.91 Å². The van der Waals surface area contributed by atoms with Crippen LogP contribution in [0.25, 0.3) is 0 Å². The van der Waals surface area contributed by atoms with Gasteiger partial charge in [0, 0.05) is 6.92 Å². The number of rotatable bonds is 38. The van der Waals surface area contributed by atoms with Crippen molar-refractivity contribution in [3.63, 3.8) is 0 Å². The van der Waals surface area contributed by atoms with Gasteiger partial charge >= 0.3 is 15.6 Å². The van der Waals surface area contributed by atoms with Gasteiger partial charge in [-0.25, -0.2) is 9.13 Å². The highest BCUT2D eigenvalue weighted by atomic mass is 31.2. The molecule has 5 N–H and O–H groups in total. The number of aliphatic hydroxyl groups is 1. The molecule has 14 heteroatoms. The first-order valence-corrected chi connectivity index (χ1v) is 24.5. The number of phosphoric ester groups is 2. The van der Waals surface area contributed by atoms with Crippen LogP contribution in [0.2, 0.25) is 0 Å². The summed E-state index contributed by atoms with van der Waals surface area (Å²) in [6.07, 6.45) is 33.0. The Morgan fingerprint density at radius 3 is 1.42 bits per heavy atom. The molecule has 0 aromatic carbocycles. The van der Waals surface area contributed by atoms with Gasteiger partial charge in [0.15, 0.2) is 0 Å². The Morgan fingerprint density at radius 1 is 0.636 bits per heavy atom. The van der Waals surface area contributed by atoms with Crippen molar-refractivity contribution in [1.82, 2.24) is 5.32 Å². The smallest absolute Gasteiger partial charge is 0.387 e.